The van der Waals surface area contributed by atoms with Gasteiger partial charge in [-0.25, -0.2) is 0 Å². The average Bonchev–Trinajstić information content (AvgIpc) is 2.21. The van der Waals surface area contributed by atoms with E-state index in [0.29, 0.717) is 6.42 Å². The predicted molar refractivity (Wildman–Crippen MR) is 59.3 cm³/mol. The van der Waals surface area contributed by atoms with Gasteiger partial charge in [-0.2, -0.15) is 0 Å². The van der Waals surface area contributed by atoms with Gasteiger partial charge in [0, 0.05) is 11.4 Å². The van der Waals surface area contributed by atoms with Crippen molar-refractivity contribution in [2.45, 2.75) is 32.1 Å². The second-order valence-electron chi connectivity index (χ2n) is 3.33. The van der Waals surface area contributed by atoms with E-state index in [4.69, 9.17) is 11.6 Å². The van der Waals surface area contributed by atoms with E-state index in [0.717, 1.165) is 30.7 Å². The lowest BCUT2D eigenvalue weighted by Crippen LogP contribution is -1.85. The van der Waals surface area contributed by atoms with Crippen LogP contribution in [0, 0.1) is 0 Å². The lowest BCUT2D eigenvalue weighted by molar-refractivity contribution is 0.545. The van der Waals surface area contributed by atoms with Crippen LogP contribution in [0.4, 0.5) is 0 Å². The van der Waals surface area contributed by atoms with Crippen LogP contribution in [0.1, 0.15) is 31.2 Å². The Labute approximate surface area is 90.1 Å². The van der Waals surface area contributed by atoms with Crippen LogP contribution in [-0.4, -0.2) is 6.29 Å². The van der Waals surface area contributed by atoms with Gasteiger partial charge in [-0.1, -0.05) is 30.2 Å². The number of aryl methyl sites for hydroxylation is 1. The van der Waals surface area contributed by atoms with Crippen LogP contribution in [0.5, 0.6) is 0 Å². The van der Waals surface area contributed by atoms with Gasteiger partial charge in [0.05, 0.1) is 0 Å². The maximum atomic E-state index is 9.94. The lowest BCUT2D eigenvalue weighted by Gasteiger charge is -2.00. The summed E-state index contributed by atoms with van der Waals surface area (Å²) in [6.45, 7) is 0. The van der Waals surface area contributed by atoms with Crippen LogP contribution in [-0.2, 0) is 11.2 Å². The SMILES string of the molecule is O=[C]CCCCCc1ccc(Cl)cc1. The Kier molecular flexibility index (Phi) is 5.31. The van der Waals surface area contributed by atoms with E-state index in [1.54, 1.807) is 0 Å². The third-order valence-corrected chi connectivity index (χ3v) is 2.41. The highest BCUT2D eigenvalue weighted by Crippen LogP contribution is 2.12. The summed E-state index contributed by atoms with van der Waals surface area (Å²) in [5.74, 6) is 0. The molecule has 1 radical (unpaired) electrons. The van der Waals surface area contributed by atoms with Crippen molar-refractivity contribution in [2.24, 2.45) is 0 Å². The van der Waals surface area contributed by atoms with Crippen LogP contribution in [0.3, 0.4) is 0 Å². The molecule has 0 N–H and O–H groups in total. The molecular formula is C12H14ClO. The van der Waals surface area contributed by atoms with Gasteiger partial charge in [-0.3, -0.25) is 4.79 Å². The molecule has 0 atom stereocenters. The molecule has 1 aromatic rings. The number of rotatable bonds is 6. The van der Waals surface area contributed by atoms with Crippen molar-refractivity contribution < 1.29 is 4.79 Å². The predicted octanol–water partition coefficient (Wildman–Crippen LogP) is 3.55. The van der Waals surface area contributed by atoms with E-state index >= 15 is 0 Å². The summed E-state index contributed by atoms with van der Waals surface area (Å²) in [6, 6.07) is 7.93. The Balaban J connectivity index is 2.18. The Morgan fingerprint density at radius 2 is 1.79 bits per heavy atom. The highest BCUT2D eigenvalue weighted by molar-refractivity contribution is 6.30. The number of hydrogen-bond acceptors (Lipinski definition) is 1. The van der Waals surface area contributed by atoms with Gasteiger partial charge in [0.1, 0.15) is 0 Å². The first-order valence-corrected chi connectivity index (χ1v) is 5.30. The van der Waals surface area contributed by atoms with Crippen molar-refractivity contribution >= 4 is 17.9 Å². The Hall–Kier alpha value is -0.820. The van der Waals surface area contributed by atoms with Crippen LogP contribution < -0.4 is 0 Å². The summed E-state index contributed by atoms with van der Waals surface area (Å²) in [7, 11) is 0. The fourth-order valence-electron chi connectivity index (χ4n) is 1.35. The van der Waals surface area contributed by atoms with Gasteiger partial charge in [-0.05, 0) is 37.0 Å². The van der Waals surface area contributed by atoms with Crippen molar-refractivity contribution in [3.05, 3.63) is 34.9 Å². The normalized spacial score (nSPS) is 10.1. The summed E-state index contributed by atoms with van der Waals surface area (Å²) in [5, 5.41) is 0.782. The number of benzene rings is 1. The summed E-state index contributed by atoms with van der Waals surface area (Å²) < 4.78 is 0. The zero-order valence-corrected chi connectivity index (χ0v) is 8.89. The van der Waals surface area contributed by atoms with Crippen LogP contribution in [0.25, 0.3) is 0 Å². The molecule has 0 aliphatic carbocycles. The molecule has 0 fully saturated rings. The summed E-state index contributed by atoms with van der Waals surface area (Å²) in [5.41, 5.74) is 1.31. The quantitative estimate of drug-likeness (QED) is 0.655. The highest BCUT2D eigenvalue weighted by atomic mass is 35.5. The van der Waals surface area contributed by atoms with Gasteiger partial charge in [0.25, 0.3) is 0 Å². The molecule has 1 rings (SSSR count). The highest BCUT2D eigenvalue weighted by Gasteiger charge is 1.94. The summed E-state index contributed by atoms with van der Waals surface area (Å²) >= 11 is 5.77. The standard InChI is InChI=1S/C12H14ClO/c13-12-8-6-11(7-9-12)5-3-1-2-4-10-14/h6-9H,1-5H2. The number of carbonyl (C=O) groups excluding carboxylic acids is 1. The van der Waals surface area contributed by atoms with Gasteiger partial charge >= 0.3 is 0 Å². The Morgan fingerprint density at radius 1 is 1.07 bits per heavy atom. The Bertz CT molecular complexity index is 266. The molecular weight excluding hydrogens is 196 g/mol. The van der Waals surface area contributed by atoms with Gasteiger partial charge in [0.2, 0.25) is 0 Å². The third kappa shape index (κ3) is 4.43. The molecule has 0 saturated heterocycles. The summed E-state index contributed by atoms with van der Waals surface area (Å²) in [6.07, 6.45) is 6.72. The minimum atomic E-state index is 0.570. The van der Waals surface area contributed by atoms with Crippen molar-refractivity contribution in [2.75, 3.05) is 0 Å². The molecule has 0 spiro atoms. The maximum absolute atomic E-state index is 9.94. The minimum Gasteiger partial charge on any atom is -0.291 e. The van der Waals surface area contributed by atoms with Gasteiger partial charge < -0.3 is 0 Å². The second kappa shape index (κ2) is 6.61. The first kappa shape index (κ1) is 11.3. The molecule has 1 aromatic carbocycles. The van der Waals surface area contributed by atoms with E-state index in [-0.39, 0.29) is 0 Å². The van der Waals surface area contributed by atoms with Crippen LogP contribution in [0.15, 0.2) is 24.3 Å². The molecule has 14 heavy (non-hydrogen) atoms. The molecule has 0 heterocycles. The lowest BCUT2D eigenvalue weighted by atomic mass is 10.1. The number of unbranched alkanes of at least 4 members (excludes halogenated alkanes) is 3. The van der Waals surface area contributed by atoms with E-state index in [9.17, 15) is 4.79 Å². The summed E-state index contributed by atoms with van der Waals surface area (Å²) in [4.78, 5) is 9.94. The molecule has 0 aromatic heterocycles. The van der Waals surface area contributed by atoms with Crippen molar-refractivity contribution in [3.63, 3.8) is 0 Å². The van der Waals surface area contributed by atoms with E-state index in [1.165, 1.54) is 5.56 Å². The van der Waals surface area contributed by atoms with Crippen molar-refractivity contribution in [1.82, 2.24) is 0 Å². The van der Waals surface area contributed by atoms with Crippen molar-refractivity contribution in [1.29, 1.82) is 0 Å². The molecule has 75 valence electrons. The van der Waals surface area contributed by atoms with Crippen molar-refractivity contribution in [3.8, 4) is 0 Å². The van der Waals surface area contributed by atoms with Crippen LogP contribution in [0.2, 0.25) is 5.02 Å². The monoisotopic (exact) mass is 209 g/mol. The maximum Gasteiger partial charge on any atom is 0.198 e. The molecule has 1 nitrogen and oxygen atoms in total. The molecule has 0 amide bonds. The number of halogens is 1. The fraction of sp³-hybridized carbons (Fsp3) is 0.417. The minimum absolute atomic E-state index is 0.570. The second-order valence-corrected chi connectivity index (χ2v) is 3.77. The zero-order valence-electron chi connectivity index (χ0n) is 8.13. The molecule has 2 heteroatoms. The number of hydrogen-bond donors (Lipinski definition) is 0. The van der Waals surface area contributed by atoms with Crippen LogP contribution >= 0.6 is 11.6 Å². The third-order valence-electron chi connectivity index (χ3n) is 2.16. The van der Waals surface area contributed by atoms with E-state index < -0.39 is 0 Å². The first-order valence-electron chi connectivity index (χ1n) is 4.92. The molecule has 0 bridgehead atoms. The molecule has 0 aliphatic rings. The molecule has 0 aliphatic heterocycles. The molecule has 0 saturated carbocycles. The largest absolute Gasteiger partial charge is 0.291 e. The first-order chi connectivity index (χ1) is 6.83. The fourth-order valence-corrected chi connectivity index (χ4v) is 1.48. The van der Waals surface area contributed by atoms with Gasteiger partial charge in [-0.15, -0.1) is 0 Å². The van der Waals surface area contributed by atoms with E-state index in [2.05, 4.69) is 0 Å². The average molecular weight is 210 g/mol. The molecule has 0 unspecified atom stereocenters. The zero-order chi connectivity index (χ0) is 10.2. The topological polar surface area (TPSA) is 17.1 Å². The Morgan fingerprint density at radius 3 is 2.43 bits per heavy atom. The van der Waals surface area contributed by atoms with Gasteiger partial charge in [0.15, 0.2) is 6.29 Å². The smallest absolute Gasteiger partial charge is 0.198 e. The van der Waals surface area contributed by atoms with E-state index in [1.807, 2.05) is 30.6 Å².